The van der Waals surface area contributed by atoms with Crippen LogP contribution in [0.2, 0.25) is 0 Å². The third-order valence-corrected chi connectivity index (χ3v) is 3.65. The van der Waals surface area contributed by atoms with Crippen LogP contribution in [0, 0.1) is 22.0 Å². The summed E-state index contributed by atoms with van der Waals surface area (Å²) in [6, 6.07) is 6.01. The molecule has 0 aromatic heterocycles. The lowest BCUT2D eigenvalue weighted by Crippen LogP contribution is -2.42. The molecule has 0 radical (unpaired) electrons. The molecule has 1 aromatic carbocycles. The van der Waals surface area contributed by atoms with Crippen molar-refractivity contribution in [2.24, 2.45) is 11.8 Å². The van der Waals surface area contributed by atoms with Gasteiger partial charge in [-0.2, -0.15) is 0 Å². The monoisotopic (exact) mass is 291 g/mol. The van der Waals surface area contributed by atoms with Crippen molar-refractivity contribution in [3.63, 3.8) is 0 Å². The van der Waals surface area contributed by atoms with Crippen molar-refractivity contribution in [2.75, 3.05) is 25.0 Å². The lowest BCUT2D eigenvalue weighted by molar-refractivity contribution is -0.384. The summed E-state index contributed by atoms with van der Waals surface area (Å²) in [5, 5.41) is 13.4. The van der Waals surface area contributed by atoms with Crippen molar-refractivity contribution >= 4 is 17.3 Å². The molecule has 6 nitrogen and oxygen atoms in total. The van der Waals surface area contributed by atoms with Crippen molar-refractivity contribution in [1.29, 1.82) is 0 Å². The van der Waals surface area contributed by atoms with Crippen LogP contribution in [0.25, 0.3) is 0 Å². The Morgan fingerprint density at radius 1 is 1.38 bits per heavy atom. The normalized spacial score (nSPS) is 22.8. The number of carbonyl (C=O) groups is 1. The second kappa shape index (κ2) is 6.67. The van der Waals surface area contributed by atoms with Crippen LogP contribution in [0.3, 0.4) is 0 Å². The number of rotatable bonds is 4. The predicted octanol–water partition coefficient (Wildman–Crippen LogP) is 2.51. The zero-order valence-electron chi connectivity index (χ0n) is 12.4. The van der Waals surface area contributed by atoms with Crippen molar-refractivity contribution in [2.45, 2.75) is 20.3 Å². The Labute approximate surface area is 124 Å². The first kappa shape index (κ1) is 15.4. The maximum absolute atomic E-state index is 12.1. The Balaban J connectivity index is 1.92. The van der Waals surface area contributed by atoms with Crippen LogP contribution in [0.1, 0.15) is 20.3 Å². The second-order valence-corrected chi connectivity index (χ2v) is 6.00. The lowest BCUT2D eigenvalue weighted by atomic mass is 9.92. The van der Waals surface area contributed by atoms with Gasteiger partial charge in [0.2, 0.25) is 5.91 Å². The molecule has 1 heterocycles. The number of nitro groups is 1. The third-order valence-electron chi connectivity index (χ3n) is 3.65. The summed E-state index contributed by atoms with van der Waals surface area (Å²) in [6.07, 6.45) is 1.20. The van der Waals surface area contributed by atoms with E-state index in [-0.39, 0.29) is 11.6 Å². The van der Waals surface area contributed by atoms with E-state index in [1.54, 1.807) is 12.1 Å². The minimum absolute atomic E-state index is 0.0204. The number of nitrogens with one attached hydrogen (secondary N) is 1. The first-order valence-corrected chi connectivity index (χ1v) is 7.20. The molecule has 114 valence electrons. The largest absolute Gasteiger partial charge is 0.325 e. The molecule has 6 heteroatoms. The summed E-state index contributed by atoms with van der Waals surface area (Å²) in [5.74, 6) is 1.07. The van der Waals surface area contributed by atoms with Gasteiger partial charge in [-0.1, -0.05) is 19.9 Å². The number of hydrogen-bond donors (Lipinski definition) is 1. The Morgan fingerprint density at radius 2 is 2.05 bits per heavy atom. The topological polar surface area (TPSA) is 75.5 Å². The molecule has 1 amide bonds. The molecule has 1 aromatic rings. The van der Waals surface area contributed by atoms with Crippen LogP contribution in [-0.4, -0.2) is 35.4 Å². The van der Waals surface area contributed by atoms with Crippen LogP contribution < -0.4 is 5.32 Å². The number of non-ortho nitro benzene ring substituents is 1. The highest BCUT2D eigenvalue weighted by molar-refractivity contribution is 5.92. The highest BCUT2D eigenvalue weighted by Gasteiger charge is 2.23. The fourth-order valence-corrected chi connectivity index (χ4v) is 3.02. The standard InChI is InChI=1S/C15H21N3O3/c1-11-6-12(2)9-17(8-11)10-15(19)16-13-4-3-5-14(7-13)18(20)21/h3-5,7,11-12H,6,8-10H2,1-2H3,(H,16,19). The molecule has 2 atom stereocenters. The molecule has 0 bridgehead atoms. The molecule has 0 saturated carbocycles. The van der Waals surface area contributed by atoms with Gasteiger partial charge in [0.15, 0.2) is 0 Å². The summed E-state index contributed by atoms with van der Waals surface area (Å²) >= 11 is 0. The van der Waals surface area contributed by atoms with E-state index in [1.807, 2.05) is 0 Å². The first-order valence-electron chi connectivity index (χ1n) is 7.20. The van der Waals surface area contributed by atoms with E-state index in [2.05, 4.69) is 24.1 Å². The number of nitrogens with zero attached hydrogens (tertiary/aromatic N) is 2. The Hall–Kier alpha value is -1.95. The van der Waals surface area contributed by atoms with E-state index < -0.39 is 4.92 Å². The number of anilines is 1. The predicted molar refractivity (Wildman–Crippen MR) is 81.1 cm³/mol. The minimum atomic E-state index is -0.469. The van der Waals surface area contributed by atoms with Crippen molar-refractivity contribution < 1.29 is 9.72 Å². The number of nitro benzene ring substituents is 1. The molecule has 21 heavy (non-hydrogen) atoms. The average Bonchev–Trinajstić information content (AvgIpc) is 2.37. The van der Waals surface area contributed by atoms with Crippen molar-refractivity contribution in [3.05, 3.63) is 34.4 Å². The van der Waals surface area contributed by atoms with Crippen LogP contribution in [0.5, 0.6) is 0 Å². The Kier molecular flexibility index (Phi) is 4.90. The van der Waals surface area contributed by atoms with Gasteiger partial charge in [0, 0.05) is 30.9 Å². The van der Waals surface area contributed by atoms with Gasteiger partial charge >= 0.3 is 0 Å². The van der Waals surface area contributed by atoms with Gasteiger partial charge in [0.25, 0.3) is 5.69 Å². The molecule has 0 spiro atoms. The lowest BCUT2D eigenvalue weighted by Gasteiger charge is -2.34. The first-order chi connectivity index (χ1) is 9.94. The van der Waals surface area contributed by atoms with Gasteiger partial charge in [-0.3, -0.25) is 19.8 Å². The third kappa shape index (κ3) is 4.53. The Bertz CT molecular complexity index is 523. The van der Waals surface area contributed by atoms with Gasteiger partial charge in [0.1, 0.15) is 0 Å². The summed E-state index contributed by atoms with van der Waals surface area (Å²) < 4.78 is 0. The molecule has 1 fully saturated rings. The summed E-state index contributed by atoms with van der Waals surface area (Å²) in [5.41, 5.74) is 0.445. The molecule has 2 rings (SSSR count). The van der Waals surface area contributed by atoms with Gasteiger partial charge in [-0.15, -0.1) is 0 Å². The van der Waals surface area contributed by atoms with Crippen molar-refractivity contribution in [3.8, 4) is 0 Å². The van der Waals surface area contributed by atoms with Gasteiger partial charge in [0.05, 0.1) is 11.5 Å². The number of likely N-dealkylation sites (tertiary alicyclic amines) is 1. The van der Waals surface area contributed by atoms with Crippen LogP contribution in [0.15, 0.2) is 24.3 Å². The van der Waals surface area contributed by atoms with E-state index in [4.69, 9.17) is 0 Å². The second-order valence-electron chi connectivity index (χ2n) is 6.00. The molecule has 0 aliphatic carbocycles. The fraction of sp³-hybridized carbons (Fsp3) is 0.533. The van der Waals surface area contributed by atoms with Gasteiger partial charge in [-0.25, -0.2) is 0 Å². The smallest absolute Gasteiger partial charge is 0.271 e. The number of carbonyl (C=O) groups excluding carboxylic acids is 1. The number of hydrogen-bond acceptors (Lipinski definition) is 4. The zero-order chi connectivity index (χ0) is 15.4. The molecule has 1 N–H and O–H groups in total. The number of benzene rings is 1. The van der Waals surface area contributed by atoms with E-state index >= 15 is 0 Å². The highest BCUT2D eigenvalue weighted by atomic mass is 16.6. The molecular formula is C15H21N3O3. The van der Waals surface area contributed by atoms with E-state index in [0.29, 0.717) is 24.1 Å². The van der Waals surface area contributed by atoms with Crippen LogP contribution in [-0.2, 0) is 4.79 Å². The fourth-order valence-electron chi connectivity index (χ4n) is 3.02. The minimum Gasteiger partial charge on any atom is -0.325 e. The average molecular weight is 291 g/mol. The Morgan fingerprint density at radius 3 is 2.67 bits per heavy atom. The van der Waals surface area contributed by atoms with Crippen LogP contribution >= 0.6 is 0 Å². The molecule has 1 aliphatic rings. The van der Waals surface area contributed by atoms with Gasteiger partial charge < -0.3 is 5.32 Å². The molecule has 1 saturated heterocycles. The summed E-state index contributed by atoms with van der Waals surface area (Å²) in [6.45, 7) is 6.57. The highest BCUT2D eigenvalue weighted by Crippen LogP contribution is 2.21. The van der Waals surface area contributed by atoms with E-state index in [9.17, 15) is 14.9 Å². The summed E-state index contributed by atoms with van der Waals surface area (Å²) in [4.78, 5) is 24.4. The van der Waals surface area contributed by atoms with Crippen molar-refractivity contribution in [1.82, 2.24) is 4.90 Å². The number of piperidine rings is 1. The van der Waals surface area contributed by atoms with E-state index in [1.165, 1.54) is 18.6 Å². The number of amides is 1. The molecule has 2 unspecified atom stereocenters. The quantitative estimate of drug-likeness (QED) is 0.683. The maximum atomic E-state index is 12.1. The van der Waals surface area contributed by atoms with E-state index in [0.717, 1.165) is 13.1 Å². The molecule has 1 aliphatic heterocycles. The van der Waals surface area contributed by atoms with Gasteiger partial charge in [-0.05, 0) is 24.3 Å². The maximum Gasteiger partial charge on any atom is 0.271 e. The summed E-state index contributed by atoms with van der Waals surface area (Å²) in [7, 11) is 0. The zero-order valence-corrected chi connectivity index (χ0v) is 12.4. The SMILES string of the molecule is CC1CC(C)CN(CC(=O)Nc2cccc([N+](=O)[O-])c2)C1. The molecular weight excluding hydrogens is 270 g/mol. The van der Waals surface area contributed by atoms with Crippen LogP contribution in [0.4, 0.5) is 11.4 Å².